The second-order valence-corrected chi connectivity index (χ2v) is 3.70. The molecule has 13 heavy (non-hydrogen) atoms. The van der Waals surface area contributed by atoms with Crippen LogP contribution < -0.4 is 0 Å². The summed E-state index contributed by atoms with van der Waals surface area (Å²) < 4.78 is 26.3. The van der Waals surface area contributed by atoms with Gasteiger partial charge in [0, 0.05) is 19.9 Å². The van der Waals surface area contributed by atoms with Crippen molar-refractivity contribution in [2.24, 2.45) is 0 Å². The average molecular weight is 190 g/mol. The maximum atomic E-state index is 13.2. The number of carbonyl (C=O) groups excluding carboxylic acids is 1. The zero-order valence-corrected chi connectivity index (χ0v) is 7.63. The van der Waals surface area contributed by atoms with Crippen LogP contribution in [0.2, 0.25) is 0 Å². The van der Waals surface area contributed by atoms with Gasteiger partial charge in [0.15, 0.2) is 11.9 Å². The van der Waals surface area contributed by atoms with E-state index in [1.165, 1.54) is 11.9 Å². The van der Waals surface area contributed by atoms with Crippen LogP contribution in [0.15, 0.2) is 0 Å². The number of hydrogen-bond donors (Lipinski definition) is 0. The van der Waals surface area contributed by atoms with E-state index < -0.39 is 17.6 Å². The van der Waals surface area contributed by atoms with E-state index >= 15 is 0 Å². The molecule has 2 aliphatic rings. The van der Waals surface area contributed by atoms with Gasteiger partial charge in [-0.2, -0.15) is 0 Å². The van der Waals surface area contributed by atoms with Crippen LogP contribution in [0.1, 0.15) is 19.8 Å². The van der Waals surface area contributed by atoms with Crippen LogP contribution >= 0.6 is 0 Å². The van der Waals surface area contributed by atoms with Crippen molar-refractivity contribution in [3.8, 4) is 0 Å². The number of carbonyl (C=O) groups is 1. The zero-order chi connectivity index (χ0) is 9.85. The zero-order valence-electron chi connectivity index (χ0n) is 7.63. The molecule has 2 rings (SSSR count). The Hall–Kier alpha value is -0.550. The summed E-state index contributed by atoms with van der Waals surface area (Å²) in [6.45, 7) is 1.46. The van der Waals surface area contributed by atoms with E-state index in [2.05, 4.69) is 0 Å². The summed E-state index contributed by atoms with van der Waals surface area (Å²) in [5.41, 5.74) is -0.677. The van der Waals surface area contributed by atoms with E-state index in [4.69, 9.17) is 0 Å². The Morgan fingerprint density at radius 1 is 1.69 bits per heavy atom. The monoisotopic (exact) mass is 190 g/mol. The van der Waals surface area contributed by atoms with Gasteiger partial charge in [-0.25, -0.2) is 18.8 Å². The molecule has 0 saturated carbocycles. The highest BCUT2D eigenvalue weighted by Crippen LogP contribution is 2.57. The molecule has 4 atom stereocenters. The minimum atomic E-state index is -2.67. The van der Waals surface area contributed by atoms with Crippen molar-refractivity contribution in [2.75, 3.05) is 7.05 Å². The Bertz CT molecular complexity index is 259. The maximum absolute atomic E-state index is 13.2. The molecule has 2 saturated heterocycles. The van der Waals surface area contributed by atoms with Crippen molar-refractivity contribution in [3.05, 3.63) is 0 Å². The van der Waals surface area contributed by atoms with Gasteiger partial charge in [-0.1, -0.05) is 6.92 Å². The Morgan fingerprint density at radius 2 is 2.31 bits per heavy atom. The molecule has 2 fully saturated rings. The van der Waals surface area contributed by atoms with Gasteiger partial charge in [0.25, 0.3) is 5.92 Å². The maximum Gasteiger partial charge on any atom is 0.264 e. The second-order valence-electron chi connectivity index (χ2n) is 3.70. The molecule has 74 valence electrons. The van der Waals surface area contributed by atoms with E-state index in [1.54, 1.807) is 12.1 Å². The molecule has 0 bridgehead atoms. The van der Waals surface area contributed by atoms with Crippen LogP contribution in [0.3, 0.4) is 0 Å². The summed E-state index contributed by atoms with van der Waals surface area (Å²) in [4.78, 5) is 10.6. The van der Waals surface area contributed by atoms with Gasteiger partial charge in [-0.15, -0.1) is 0 Å². The fourth-order valence-corrected chi connectivity index (χ4v) is 2.10. The third-order valence-electron chi connectivity index (χ3n) is 3.18. The number of likely N-dealkylation sites (N-methyl/N-ethyl adjacent to an activating group) is 1. The van der Waals surface area contributed by atoms with Crippen LogP contribution in [0, 0.1) is 0 Å². The molecule has 0 aromatic heterocycles. The van der Waals surface area contributed by atoms with Crippen molar-refractivity contribution in [1.29, 1.82) is 0 Å². The SMILES string of the molecule is CCC(F)(F)C1CC2(C=O)N(C)N12. The number of aldehydes is 1. The number of hydrazine groups is 1. The number of alkyl halides is 2. The lowest BCUT2D eigenvalue weighted by Gasteiger charge is -2.34. The number of fused-ring (bicyclic) bond motifs is 1. The molecule has 0 N–H and O–H groups in total. The van der Waals surface area contributed by atoms with Gasteiger partial charge < -0.3 is 0 Å². The minimum Gasteiger partial charge on any atom is -0.300 e. The molecule has 0 aromatic rings. The molecule has 0 aromatic carbocycles. The molecule has 2 aliphatic heterocycles. The lowest BCUT2D eigenvalue weighted by Crippen LogP contribution is -2.53. The average Bonchev–Trinajstić information content (AvgIpc) is 2.46. The molecule has 3 nitrogen and oxygen atoms in total. The molecular weight excluding hydrogens is 178 g/mol. The lowest BCUT2D eigenvalue weighted by atomic mass is 9.90. The standard InChI is InChI=1S/C8H12F2N2O/c1-3-8(9,10)6-4-7(5-13)11(2)12(6)7/h5-6H,3-4H2,1-2H3. The summed E-state index contributed by atoms with van der Waals surface area (Å²) in [6.07, 6.45) is 0.833. The number of hydrogen-bond acceptors (Lipinski definition) is 3. The molecule has 0 aliphatic carbocycles. The molecule has 0 spiro atoms. The first-order valence-electron chi connectivity index (χ1n) is 4.37. The van der Waals surface area contributed by atoms with Crippen LogP contribution in [-0.2, 0) is 4.79 Å². The van der Waals surface area contributed by atoms with Crippen LogP contribution in [0.4, 0.5) is 8.78 Å². The highest BCUT2D eigenvalue weighted by Gasteiger charge is 2.76. The Kier molecular flexibility index (Phi) is 1.58. The largest absolute Gasteiger partial charge is 0.300 e. The van der Waals surface area contributed by atoms with Crippen LogP contribution in [0.5, 0.6) is 0 Å². The third-order valence-corrected chi connectivity index (χ3v) is 3.18. The van der Waals surface area contributed by atoms with Crippen molar-refractivity contribution < 1.29 is 13.6 Å². The predicted octanol–water partition coefficient (Wildman–Crippen LogP) is 0.862. The summed E-state index contributed by atoms with van der Waals surface area (Å²) in [6, 6.07) is -0.771. The first kappa shape index (κ1) is 9.02. The van der Waals surface area contributed by atoms with Gasteiger partial charge in [-0.3, -0.25) is 4.79 Å². The Morgan fingerprint density at radius 3 is 2.62 bits per heavy atom. The number of rotatable bonds is 3. The lowest BCUT2D eigenvalue weighted by molar-refractivity contribution is -0.126. The smallest absolute Gasteiger partial charge is 0.264 e. The molecule has 0 amide bonds. The fraction of sp³-hybridized carbons (Fsp3) is 0.875. The topological polar surface area (TPSA) is 23.1 Å². The van der Waals surface area contributed by atoms with Crippen molar-refractivity contribution in [2.45, 2.75) is 37.4 Å². The summed E-state index contributed by atoms with van der Waals surface area (Å²) >= 11 is 0. The van der Waals surface area contributed by atoms with Crippen LogP contribution in [-0.4, -0.2) is 41.0 Å². The highest BCUT2D eigenvalue weighted by molar-refractivity contribution is 5.70. The highest BCUT2D eigenvalue weighted by atomic mass is 19.3. The fourth-order valence-electron chi connectivity index (χ4n) is 2.10. The van der Waals surface area contributed by atoms with Crippen molar-refractivity contribution in [3.63, 3.8) is 0 Å². The molecule has 0 radical (unpaired) electrons. The normalized spacial score (nSPS) is 47.8. The van der Waals surface area contributed by atoms with Crippen molar-refractivity contribution >= 4 is 6.29 Å². The van der Waals surface area contributed by atoms with E-state index in [0.29, 0.717) is 0 Å². The molecule has 4 unspecified atom stereocenters. The second kappa shape index (κ2) is 2.27. The van der Waals surface area contributed by atoms with Gasteiger partial charge >= 0.3 is 0 Å². The first-order valence-corrected chi connectivity index (χ1v) is 4.37. The van der Waals surface area contributed by atoms with Gasteiger partial charge in [-0.05, 0) is 0 Å². The molecule has 5 heteroatoms. The third kappa shape index (κ3) is 0.862. The minimum absolute atomic E-state index is 0.170. The van der Waals surface area contributed by atoms with E-state index in [-0.39, 0.29) is 12.8 Å². The van der Waals surface area contributed by atoms with Gasteiger partial charge in [0.2, 0.25) is 0 Å². The van der Waals surface area contributed by atoms with E-state index in [0.717, 1.165) is 6.29 Å². The summed E-state index contributed by atoms with van der Waals surface area (Å²) in [7, 11) is 1.67. The van der Waals surface area contributed by atoms with E-state index in [9.17, 15) is 13.6 Å². The van der Waals surface area contributed by atoms with Gasteiger partial charge in [0.05, 0.1) is 6.04 Å². The predicted molar refractivity (Wildman–Crippen MR) is 42.0 cm³/mol. The van der Waals surface area contributed by atoms with Crippen molar-refractivity contribution in [1.82, 2.24) is 10.0 Å². The van der Waals surface area contributed by atoms with Gasteiger partial charge in [0.1, 0.15) is 0 Å². The molecular formula is C8H12F2N2O. The summed E-state index contributed by atoms with van der Waals surface area (Å²) in [5, 5.41) is 3.05. The molecule has 2 heterocycles. The quantitative estimate of drug-likeness (QED) is 0.487. The number of nitrogens with zero attached hydrogens (tertiary/aromatic N) is 2. The van der Waals surface area contributed by atoms with Crippen LogP contribution in [0.25, 0.3) is 0 Å². The Balaban J connectivity index is 2.08. The first-order chi connectivity index (χ1) is 5.99. The Labute approximate surface area is 75.3 Å². The van der Waals surface area contributed by atoms with E-state index in [1.807, 2.05) is 0 Å². The summed E-state index contributed by atoms with van der Waals surface area (Å²) in [5.74, 6) is -2.67. The number of halogens is 2.